The van der Waals surface area contributed by atoms with E-state index in [1.165, 1.54) is 5.56 Å². The van der Waals surface area contributed by atoms with Crippen LogP contribution in [0.15, 0.2) is 24.3 Å². The molecule has 1 N–H and O–H groups in total. The van der Waals surface area contributed by atoms with Crippen molar-refractivity contribution in [1.29, 1.82) is 0 Å². The normalized spacial score (nSPS) is 25.1. The van der Waals surface area contributed by atoms with Gasteiger partial charge in [-0.25, -0.2) is 4.79 Å². The van der Waals surface area contributed by atoms with Crippen LogP contribution in [0.3, 0.4) is 0 Å². The lowest BCUT2D eigenvalue weighted by Gasteiger charge is -2.46. The van der Waals surface area contributed by atoms with Crippen LogP contribution < -0.4 is 5.32 Å². The van der Waals surface area contributed by atoms with Gasteiger partial charge in [0.1, 0.15) is 0 Å². The molecule has 1 aromatic rings. The van der Waals surface area contributed by atoms with E-state index in [9.17, 15) is 14.4 Å². The third-order valence-electron chi connectivity index (χ3n) is 7.44. The molecule has 1 atom stereocenters. The average molecular weight is 413 g/mol. The number of piperidine rings is 1. The number of nitrogens with one attached hydrogen (secondary N) is 1. The number of nitrogens with zero attached hydrogens (tertiary/aromatic N) is 3. The van der Waals surface area contributed by atoms with Crippen molar-refractivity contribution in [3.8, 4) is 0 Å². The first-order valence-corrected chi connectivity index (χ1v) is 10.8. The van der Waals surface area contributed by atoms with Crippen molar-refractivity contribution in [2.24, 2.45) is 10.8 Å². The monoisotopic (exact) mass is 412 g/mol. The SMILES string of the molecule is Cc1ccc(CC(=O)N2CCC3(CC2)CN(C(=O)N(C)C)CC32CCNC2=O)cc1. The fraction of sp³-hybridized carbons (Fsp3) is 0.609. The maximum atomic E-state index is 13.0. The molecule has 3 saturated heterocycles. The lowest BCUT2D eigenvalue weighted by Crippen LogP contribution is -2.53. The molecule has 4 rings (SSSR count). The largest absolute Gasteiger partial charge is 0.356 e. The highest BCUT2D eigenvalue weighted by atomic mass is 16.2. The van der Waals surface area contributed by atoms with Crippen LogP contribution in [0.1, 0.15) is 30.4 Å². The van der Waals surface area contributed by atoms with E-state index in [1.54, 1.807) is 19.0 Å². The van der Waals surface area contributed by atoms with Gasteiger partial charge >= 0.3 is 6.03 Å². The number of hydrogen-bond donors (Lipinski definition) is 1. The van der Waals surface area contributed by atoms with Crippen molar-refractivity contribution in [1.82, 2.24) is 20.0 Å². The van der Waals surface area contributed by atoms with Crippen molar-refractivity contribution in [2.75, 3.05) is 46.8 Å². The number of carbonyl (C=O) groups is 3. The Labute approximate surface area is 178 Å². The van der Waals surface area contributed by atoms with Crippen molar-refractivity contribution >= 4 is 17.8 Å². The molecule has 0 aliphatic carbocycles. The van der Waals surface area contributed by atoms with E-state index in [4.69, 9.17) is 0 Å². The Morgan fingerprint density at radius 1 is 1.03 bits per heavy atom. The lowest BCUT2D eigenvalue weighted by atomic mass is 9.60. The summed E-state index contributed by atoms with van der Waals surface area (Å²) in [7, 11) is 3.50. The molecule has 0 radical (unpaired) electrons. The first-order valence-electron chi connectivity index (χ1n) is 10.8. The van der Waals surface area contributed by atoms with Crippen LogP contribution in [0.5, 0.6) is 0 Å². The van der Waals surface area contributed by atoms with E-state index in [-0.39, 0.29) is 23.3 Å². The van der Waals surface area contributed by atoms with Crippen LogP contribution in [-0.2, 0) is 16.0 Å². The molecule has 0 aromatic heterocycles. The summed E-state index contributed by atoms with van der Waals surface area (Å²) in [6.07, 6.45) is 2.69. The Morgan fingerprint density at radius 2 is 1.70 bits per heavy atom. The Hall–Kier alpha value is -2.57. The molecule has 3 aliphatic rings. The summed E-state index contributed by atoms with van der Waals surface area (Å²) < 4.78 is 0. The molecule has 1 unspecified atom stereocenters. The number of benzene rings is 1. The predicted molar refractivity (Wildman–Crippen MR) is 114 cm³/mol. The molecule has 3 aliphatic heterocycles. The second-order valence-corrected chi connectivity index (χ2v) is 9.44. The highest BCUT2D eigenvalue weighted by Gasteiger charge is 2.64. The molecule has 0 bridgehead atoms. The highest BCUT2D eigenvalue weighted by Crippen LogP contribution is 2.56. The standard InChI is InChI=1S/C23H32N4O3/c1-17-4-6-18(7-5-17)14-19(28)26-12-9-22(10-13-26)15-27(21(30)25(2)3)16-23(22)8-11-24-20(23)29/h4-7H,8-16H2,1-3H3,(H,24,29). The number of aryl methyl sites for hydroxylation is 1. The number of amides is 4. The van der Waals surface area contributed by atoms with Crippen LogP contribution in [0.4, 0.5) is 4.79 Å². The highest BCUT2D eigenvalue weighted by molar-refractivity contribution is 5.88. The van der Waals surface area contributed by atoms with E-state index in [0.717, 1.165) is 24.8 Å². The number of rotatable bonds is 2. The number of urea groups is 1. The van der Waals surface area contributed by atoms with Crippen molar-refractivity contribution in [3.05, 3.63) is 35.4 Å². The number of carbonyl (C=O) groups excluding carboxylic acids is 3. The first-order chi connectivity index (χ1) is 14.3. The first kappa shape index (κ1) is 20.7. The summed E-state index contributed by atoms with van der Waals surface area (Å²) in [5, 5.41) is 3.01. The summed E-state index contributed by atoms with van der Waals surface area (Å²) in [5.74, 6) is 0.217. The quantitative estimate of drug-likeness (QED) is 0.803. The van der Waals surface area contributed by atoms with E-state index in [2.05, 4.69) is 5.32 Å². The Balaban J connectivity index is 1.48. The van der Waals surface area contributed by atoms with Gasteiger partial charge in [0.25, 0.3) is 0 Å². The van der Waals surface area contributed by atoms with Crippen LogP contribution in [-0.4, -0.2) is 79.4 Å². The summed E-state index contributed by atoms with van der Waals surface area (Å²) in [6.45, 7) is 5.06. The summed E-state index contributed by atoms with van der Waals surface area (Å²) in [4.78, 5) is 43.9. The van der Waals surface area contributed by atoms with Crippen LogP contribution in [0.2, 0.25) is 0 Å². The summed E-state index contributed by atoms with van der Waals surface area (Å²) in [5.41, 5.74) is 1.44. The van der Waals surface area contributed by atoms with Gasteiger partial charge in [0, 0.05) is 52.2 Å². The van der Waals surface area contributed by atoms with Crippen LogP contribution in [0.25, 0.3) is 0 Å². The van der Waals surface area contributed by atoms with E-state index < -0.39 is 5.41 Å². The maximum Gasteiger partial charge on any atom is 0.319 e. The number of hydrogen-bond acceptors (Lipinski definition) is 3. The van der Waals surface area contributed by atoms with Gasteiger partial charge in [-0.05, 0) is 31.7 Å². The number of fused-ring (bicyclic) bond motifs is 1. The lowest BCUT2D eigenvalue weighted by molar-refractivity contribution is -0.138. The molecule has 7 heteroatoms. The van der Waals surface area contributed by atoms with E-state index >= 15 is 0 Å². The zero-order valence-electron chi connectivity index (χ0n) is 18.2. The Kier molecular flexibility index (Phi) is 5.24. The maximum absolute atomic E-state index is 13.0. The Morgan fingerprint density at radius 3 is 2.27 bits per heavy atom. The average Bonchev–Trinajstić information content (AvgIpc) is 3.25. The molecular formula is C23H32N4O3. The van der Waals surface area contributed by atoms with Gasteiger partial charge in [-0.15, -0.1) is 0 Å². The minimum atomic E-state index is -0.523. The fourth-order valence-corrected chi connectivity index (χ4v) is 5.63. The fourth-order valence-electron chi connectivity index (χ4n) is 5.63. The second-order valence-electron chi connectivity index (χ2n) is 9.44. The zero-order chi connectivity index (χ0) is 21.5. The Bertz CT molecular complexity index is 843. The van der Waals surface area contributed by atoms with Gasteiger partial charge in [0.2, 0.25) is 11.8 Å². The van der Waals surface area contributed by atoms with Crippen molar-refractivity contribution in [2.45, 2.75) is 32.6 Å². The van der Waals surface area contributed by atoms with Crippen LogP contribution >= 0.6 is 0 Å². The van der Waals surface area contributed by atoms with Gasteiger partial charge in [0.05, 0.1) is 11.8 Å². The minimum Gasteiger partial charge on any atom is -0.356 e. The predicted octanol–water partition coefficient (Wildman–Crippen LogP) is 1.65. The smallest absolute Gasteiger partial charge is 0.319 e. The summed E-state index contributed by atoms with van der Waals surface area (Å²) >= 11 is 0. The molecular weight excluding hydrogens is 380 g/mol. The minimum absolute atomic E-state index is 0.0381. The van der Waals surface area contributed by atoms with Gasteiger partial charge in [0.15, 0.2) is 0 Å². The summed E-state index contributed by atoms with van der Waals surface area (Å²) in [6, 6.07) is 8.05. The molecule has 1 aromatic carbocycles. The molecule has 0 saturated carbocycles. The van der Waals surface area contributed by atoms with Crippen LogP contribution in [0, 0.1) is 17.8 Å². The van der Waals surface area contributed by atoms with E-state index in [1.807, 2.05) is 41.0 Å². The molecule has 7 nitrogen and oxygen atoms in total. The topological polar surface area (TPSA) is 73.0 Å². The molecule has 2 spiro atoms. The van der Waals surface area contributed by atoms with Gasteiger partial charge in [-0.3, -0.25) is 9.59 Å². The number of likely N-dealkylation sites (tertiary alicyclic amines) is 2. The van der Waals surface area contributed by atoms with Crippen molar-refractivity contribution in [3.63, 3.8) is 0 Å². The van der Waals surface area contributed by atoms with E-state index in [0.29, 0.717) is 39.1 Å². The van der Waals surface area contributed by atoms with Gasteiger partial charge in [-0.1, -0.05) is 29.8 Å². The molecule has 162 valence electrons. The molecule has 3 heterocycles. The third kappa shape index (κ3) is 3.34. The molecule has 4 amide bonds. The third-order valence-corrected chi connectivity index (χ3v) is 7.44. The van der Waals surface area contributed by atoms with Gasteiger partial charge < -0.3 is 20.0 Å². The molecule has 30 heavy (non-hydrogen) atoms. The zero-order valence-corrected chi connectivity index (χ0v) is 18.2. The van der Waals surface area contributed by atoms with Gasteiger partial charge in [-0.2, -0.15) is 0 Å². The second kappa shape index (κ2) is 7.60. The van der Waals surface area contributed by atoms with Crippen molar-refractivity contribution < 1.29 is 14.4 Å². The molecule has 3 fully saturated rings.